The first-order valence-corrected chi connectivity index (χ1v) is 12.0. The predicted molar refractivity (Wildman–Crippen MR) is 112 cm³/mol. The van der Waals surface area contributed by atoms with Crippen LogP contribution < -0.4 is 0 Å². The van der Waals surface area contributed by atoms with Gasteiger partial charge in [0.2, 0.25) is 0 Å². The van der Waals surface area contributed by atoms with Gasteiger partial charge in [0, 0.05) is 19.1 Å². The van der Waals surface area contributed by atoms with E-state index in [0.717, 1.165) is 63.7 Å². The third kappa shape index (κ3) is 6.27. The van der Waals surface area contributed by atoms with E-state index in [1.807, 2.05) is 0 Å². The number of nitrogens with zero attached hydrogens (tertiary/aromatic N) is 1. The zero-order valence-corrected chi connectivity index (χ0v) is 18.3. The fourth-order valence-corrected chi connectivity index (χ4v) is 5.37. The van der Waals surface area contributed by atoms with Crippen molar-refractivity contribution in [1.29, 1.82) is 0 Å². The third-order valence-electron chi connectivity index (χ3n) is 7.51. The minimum Gasteiger partial charge on any atom is -0.373 e. The fraction of sp³-hybridized carbons (Fsp3) is 0.917. The van der Waals surface area contributed by atoms with E-state index in [9.17, 15) is 0 Å². The molecule has 5 heteroatoms. The molecule has 0 N–H and O–H groups in total. The van der Waals surface area contributed by atoms with Crippen molar-refractivity contribution in [3.05, 3.63) is 11.6 Å². The highest BCUT2D eigenvalue weighted by Crippen LogP contribution is 2.40. The van der Waals surface area contributed by atoms with Gasteiger partial charge in [0.1, 0.15) is 0 Å². The zero-order chi connectivity index (χ0) is 19.8. The van der Waals surface area contributed by atoms with Gasteiger partial charge in [-0.25, -0.2) is 0 Å². The van der Waals surface area contributed by atoms with Gasteiger partial charge in [-0.3, -0.25) is 4.90 Å². The van der Waals surface area contributed by atoms with Crippen molar-refractivity contribution in [3.8, 4) is 0 Å². The quantitative estimate of drug-likeness (QED) is 0.368. The molecule has 0 radical (unpaired) electrons. The summed E-state index contributed by atoms with van der Waals surface area (Å²) in [5.74, 6) is 2.21. The van der Waals surface area contributed by atoms with Crippen molar-refractivity contribution in [1.82, 2.24) is 4.90 Å². The Morgan fingerprint density at radius 2 is 1.52 bits per heavy atom. The molecular weight excluding hydrogens is 366 g/mol. The first-order chi connectivity index (χ1) is 14.1. The first-order valence-electron chi connectivity index (χ1n) is 12.0. The summed E-state index contributed by atoms with van der Waals surface area (Å²) >= 11 is 0. The van der Waals surface area contributed by atoms with Gasteiger partial charge in [0.25, 0.3) is 0 Å². The van der Waals surface area contributed by atoms with Gasteiger partial charge in [0.15, 0.2) is 0 Å². The smallest absolute Gasteiger partial charge is 0.0936 e. The summed E-state index contributed by atoms with van der Waals surface area (Å²) in [6, 6.07) is 0.690. The van der Waals surface area contributed by atoms with Crippen LogP contribution in [0.4, 0.5) is 0 Å². The molecule has 0 aromatic rings. The SMILES string of the molecule is CC(C)C1CC(N(CC2CO2)CC2CO2)CCC1C=C(CCC1CO1)CC1CO1. The van der Waals surface area contributed by atoms with Crippen LogP contribution in [0.2, 0.25) is 0 Å². The average molecular weight is 406 g/mol. The highest BCUT2D eigenvalue weighted by molar-refractivity contribution is 5.11. The summed E-state index contributed by atoms with van der Waals surface area (Å²) in [6.07, 6.45) is 12.1. The maximum absolute atomic E-state index is 5.56. The molecule has 4 aliphatic heterocycles. The van der Waals surface area contributed by atoms with Gasteiger partial charge >= 0.3 is 0 Å². The van der Waals surface area contributed by atoms with Gasteiger partial charge in [-0.15, -0.1) is 0 Å². The Hall–Kier alpha value is -0.460. The lowest BCUT2D eigenvalue weighted by Gasteiger charge is -2.42. The standard InChI is InChI=1S/C24H39NO4/c1-16(2)24-9-19(25(10-22-14-28-22)11-23-15-29-23)5-4-18(24)7-17(8-21-13-27-21)3-6-20-12-26-20/h7,16,18-24H,3-6,8-15H2,1-2H3. The topological polar surface area (TPSA) is 53.4 Å². The van der Waals surface area contributed by atoms with Gasteiger partial charge in [-0.1, -0.05) is 25.5 Å². The molecule has 164 valence electrons. The lowest BCUT2D eigenvalue weighted by atomic mass is 9.70. The van der Waals surface area contributed by atoms with Crippen LogP contribution in [0.25, 0.3) is 0 Å². The second-order valence-corrected chi connectivity index (χ2v) is 10.4. The number of ether oxygens (including phenoxy) is 4. The summed E-state index contributed by atoms with van der Waals surface area (Å²) < 4.78 is 22.1. The molecule has 1 aliphatic carbocycles. The highest BCUT2D eigenvalue weighted by Gasteiger charge is 2.39. The number of rotatable bonds is 12. The highest BCUT2D eigenvalue weighted by atomic mass is 16.6. The van der Waals surface area contributed by atoms with Crippen LogP contribution in [0.15, 0.2) is 11.6 Å². The van der Waals surface area contributed by atoms with Crippen LogP contribution in [0.5, 0.6) is 0 Å². The van der Waals surface area contributed by atoms with Crippen molar-refractivity contribution in [3.63, 3.8) is 0 Å². The molecule has 7 atom stereocenters. The van der Waals surface area contributed by atoms with Crippen molar-refractivity contribution in [2.75, 3.05) is 39.5 Å². The molecular formula is C24H39NO4. The Morgan fingerprint density at radius 1 is 0.897 bits per heavy atom. The van der Waals surface area contributed by atoms with E-state index in [-0.39, 0.29) is 0 Å². The van der Waals surface area contributed by atoms with E-state index < -0.39 is 0 Å². The Labute approximate surface area is 176 Å². The second kappa shape index (κ2) is 8.96. The molecule has 0 spiro atoms. The van der Waals surface area contributed by atoms with Crippen molar-refractivity contribution < 1.29 is 18.9 Å². The normalized spacial score (nSPS) is 41.1. The van der Waals surface area contributed by atoms with E-state index in [1.54, 1.807) is 5.57 Å². The average Bonchev–Trinajstić information content (AvgIpc) is 3.54. The molecule has 5 fully saturated rings. The Kier molecular flexibility index (Phi) is 6.31. The monoisotopic (exact) mass is 405 g/mol. The summed E-state index contributed by atoms with van der Waals surface area (Å²) in [5, 5.41) is 0. The molecule has 5 rings (SSSR count). The van der Waals surface area contributed by atoms with E-state index in [4.69, 9.17) is 18.9 Å². The van der Waals surface area contributed by atoms with E-state index >= 15 is 0 Å². The minimum absolute atomic E-state index is 0.471. The molecule has 0 amide bonds. The van der Waals surface area contributed by atoms with Crippen molar-refractivity contribution >= 4 is 0 Å². The Morgan fingerprint density at radius 3 is 2.07 bits per heavy atom. The van der Waals surface area contributed by atoms with Crippen LogP contribution in [-0.4, -0.2) is 74.9 Å². The Bertz CT molecular complexity index is 563. The molecule has 4 saturated heterocycles. The lowest BCUT2D eigenvalue weighted by molar-refractivity contribution is 0.0791. The molecule has 0 aromatic carbocycles. The maximum Gasteiger partial charge on any atom is 0.0936 e. The number of epoxide rings is 4. The van der Waals surface area contributed by atoms with E-state index in [0.29, 0.717) is 30.5 Å². The number of hydrogen-bond acceptors (Lipinski definition) is 5. The molecule has 5 nitrogen and oxygen atoms in total. The van der Waals surface area contributed by atoms with Gasteiger partial charge in [0.05, 0.1) is 50.8 Å². The van der Waals surface area contributed by atoms with Crippen LogP contribution >= 0.6 is 0 Å². The van der Waals surface area contributed by atoms with E-state index in [1.165, 1.54) is 32.1 Å². The summed E-state index contributed by atoms with van der Waals surface area (Å²) in [6.45, 7) is 10.9. The molecule has 7 unspecified atom stereocenters. The fourth-order valence-electron chi connectivity index (χ4n) is 5.37. The van der Waals surface area contributed by atoms with Crippen molar-refractivity contribution in [2.24, 2.45) is 17.8 Å². The van der Waals surface area contributed by atoms with Crippen LogP contribution in [0.1, 0.15) is 52.4 Å². The predicted octanol–water partition coefficient (Wildman–Crippen LogP) is 3.42. The second-order valence-electron chi connectivity index (χ2n) is 10.4. The molecule has 29 heavy (non-hydrogen) atoms. The molecule has 1 saturated carbocycles. The molecule has 5 aliphatic rings. The number of allylic oxidation sites excluding steroid dienone is 1. The Balaban J connectivity index is 1.23. The lowest BCUT2D eigenvalue weighted by Crippen LogP contribution is -2.45. The molecule has 0 bridgehead atoms. The minimum atomic E-state index is 0.471. The van der Waals surface area contributed by atoms with Crippen molar-refractivity contribution in [2.45, 2.75) is 82.8 Å². The number of hydrogen-bond donors (Lipinski definition) is 0. The summed E-state index contributed by atoms with van der Waals surface area (Å²) in [7, 11) is 0. The molecule has 0 aromatic heterocycles. The first kappa shape index (κ1) is 20.4. The van der Waals surface area contributed by atoms with Crippen LogP contribution in [0.3, 0.4) is 0 Å². The van der Waals surface area contributed by atoms with Gasteiger partial charge in [-0.05, 0) is 56.3 Å². The van der Waals surface area contributed by atoms with Gasteiger partial charge < -0.3 is 18.9 Å². The van der Waals surface area contributed by atoms with Gasteiger partial charge in [-0.2, -0.15) is 0 Å². The summed E-state index contributed by atoms with van der Waals surface area (Å²) in [4.78, 5) is 2.70. The van der Waals surface area contributed by atoms with Crippen LogP contribution in [0, 0.1) is 17.8 Å². The van der Waals surface area contributed by atoms with Crippen LogP contribution in [-0.2, 0) is 18.9 Å². The molecule has 4 heterocycles. The third-order valence-corrected chi connectivity index (χ3v) is 7.51. The summed E-state index contributed by atoms with van der Waals surface area (Å²) in [5.41, 5.74) is 1.63. The maximum atomic E-state index is 5.56. The largest absolute Gasteiger partial charge is 0.373 e. The zero-order valence-electron chi connectivity index (χ0n) is 18.3. The van der Waals surface area contributed by atoms with E-state index in [2.05, 4.69) is 24.8 Å².